The standard InChI is InChI=1S/C30H35BrN4O4S/c31-24-16-18-25(19-17-24)33-30(37)32-20-8-22-35(28-14-6-10-23-9-4-5-13-27(23)28)21-7-15-29(36)34-40(38,39)26-11-2-1-3-12-26/h1-5,9,11-13,16-19,28H,6-8,10,14-15,20-22H2,(H,34,36)(H2,32,33,37). The second-order valence-electron chi connectivity index (χ2n) is 9.83. The van der Waals surface area contributed by atoms with Crippen molar-refractivity contribution in [1.29, 1.82) is 0 Å². The summed E-state index contributed by atoms with van der Waals surface area (Å²) >= 11 is 3.39. The van der Waals surface area contributed by atoms with Gasteiger partial charge in [-0.1, -0.05) is 58.4 Å². The van der Waals surface area contributed by atoms with Crippen molar-refractivity contribution in [1.82, 2.24) is 14.9 Å². The molecule has 3 aromatic carbocycles. The number of benzene rings is 3. The highest BCUT2D eigenvalue weighted by molar-refractivity contribution is 9.10. The van der Waals surface area contributed by atoms with E-state index in [-0.39, 0.29) is 23.4 Å². The smallest absolute Gasteiger partial charge is 0.319 e. The molecule has 0 radical (unpaired) electrons. The first-order chi connectivity index (χ1) is 19.3. The van der Waals surface area contributed by atoms with E-state index < -0.39 is 15.9 Å². The maximum absolute atomic E-state index is 12.5. The van der Waals surface area contributed by atoms with Crippen LogP contribution in [0, 0.1) is 0 Å². The topological polar surface area (TPSA) is 108 Å². The summed E-state index contributed by atoms with van der Waals surface area (Å²) in [5, 5.41) is 5.75. The molecule has 1 aliphatic rings. The SMILES string of the molecule is O=C(CCCN(CCCNC(=O)Nc1ccc(Br)cc1)C1CCCc2ccccc21)NS(=O)(=O)c1ccccc1. The number of carbonyl (C=O) groups is 2. The summed E-state index contributed by atoms with van der Waals surface area (Å²) in [5.41, 5.74) is 3.38. The molecule has 0 saturated heterocycles. The van der Waals surface area contributed by atoms with Crippen molar-refractivity contribution in [2.24, 2.45) is 0 Å². The molecule has 0 aliphatic heterocycles. The zero-order chi connectivity index (χ0) is 28.4. The summed E-state index contributed by atoms with van der Waals surface area (Å²) in [6.45, 7) is 1.88. The van der Waals surface area contributed by atoms with Crippen molar-refractivity contribution in [3.63, 3.8) is 0 Å². The van der Waals surface area contributed by atoms with E-state index in [1.807, 2.05) is 24.3 Å². The number of halogens is 1. The average Bonchev–Trinajstić information content (AvgIpc) is 2.95. The molecule has 0 bridgehead atoms. The van der Waals surface area contributed by atoms with E-state index >= 15 is 0 Å². The van der Waals surface area contributed by atoms with Crippen molar-refractivity contribution in [3.8, 4) is 0 Å². The molecule has 3 amide bonds. The van der Waals surface area contributed by atoms with Crippen LogP contribution in [0.1, 0.15) is 49.3 Å². The summed E-state index contributed by atoms with van der Waals surface area (Å²) in [5.74, 6) is -0.515. The number of aryl methyl sites for hydroxylation is 1. The van der Waals surface area contributed by atoms with Gasteiger partial charge in [0.1, 0.15) is 0 Å². The number of sulfonamides is 1. The Kier molecular flexibility index (Phi) is 10.7. The lowest BCUT2D eigenvalue weighted by Crippen LogP contribution is -2.36. The molecule has 3 aromatic rings. The third-order valence-electron chi connectivity index (χ3n) is 6.94. The highest BCUT2D eigenvalue weighted by atomic mass is 79.9. The Labute approximate surface area is 244 Å². The molecule has 0 aromatic heterocycles. The summed E-state index contributed by atoms with van der Waals surface area (Å²) in [4.78, 5) is 27.3. The third kappa shape index (κ3) is 8.64. The minimum absolute atomic E-state index is 0.0699. The van der Waals surface area contributed by atoms with Gasteiger partial charge in [0.2, 0.25) is 5.91 Å². The van der Waals surface area contributed by atoms with Gasteiger partial charge in [-0.25, -0.2) is 17.9 Å². The molecule has 0 saturated carbocycles. The van der Waals surface area contributed by atoms with Crippen LogP contribution in [0.5, 0.6) is 0 Å². The van der Waals surface area contributed by atoms with Gasteiger partial charge in [-0.2, -0.15) is 0 Å². The Morgan fingerprint density at radius 1 is 0.900 bits per heavy atom. The molecule has 1 unspecified atom stereocenters. The summed E-state index contributed by atoms with van der Waals surface area (Å²) < 4.78 is 28.1. The monoisotopic (exact) mass is 626 g/mol. The minimum Gasteiger partial charge on any atom is -0.338 e. The molecule has 0 spiro atoms. The first-order valence-corrected chi connectivity index (χ1v) is 15.8. The van der Waals surface area contributed by atoms with Crippen LogP contribution >= 0.6 is 15.9 Å². The van der Waals surface area contributed by atoms with Gasteiger partial charge in [-0.05, 0) is 86.2 Å². The molecule has 4 rings (SSSR count). The number of urea groups is 1. The largest absolute Gasteiger partial charge is 0.338 e. The number of carbonyl (C=O) groups excluding carboxylic acids is 2. The van der Waals surface area contributed by atoms with Gasteiger partial charge in [-0.3, -0.25) is 9.69 Å². The fraction of sp³-hybridized carbons (Fsp3) is 0.333. The van der Waals surface area contributed by atoms with E-state index in [0.717, 1.165) is 36.7 Å². The van der Waals surface area contributed by atoms with E-state index in [9.17, 15) is 18.0 Å². The first kappa shape index (κ1) is 29.8. The molecule has 0 heterocycles. The maximum Gasteiger partial charge on any atom is 0.319 e. The molecule has 1 atom stereocenters. The first-order valence-electron chi connectivity index (χ1n) is 13.5. The molecule has 40 heavy (non-hydrogen) atoms. The van der Waals surface area contributed by atoms with Crippen molar-refractivity contribution in [2.75, 3.05) is 25.0 Å². The molecular formula is C30H35BrN4O4S. The molecule has 8 nitrogen and oxygen atoms in total. The lowest BCUT2D eigenvalue weighted by Gasteiger charge is -2.36. The number of hydrogen-bond acceptors (Lipinski definition) is 5. The minimum atomic E-state index is -3.88. The van der Waals surface area contributed by atoms with E-state index in [1.54, 1.807) is 18.2 Å². The lowest BCUT2D eigenvalue weighted by molar-refractivity contribution is -0.119. The van der Waals surface area contributed by atoms with Crippen molar-refractivity contribution in [2.45, 2.75) is 49.5 Å². The molecule has 212 valence electrons. The van der Waals surface area contributed by atoms with E-state index in [4.69, 9.17) is 0 Å². The maximum atomic E-state index is 12.5. The lowest BCUT2D eigenvalue weighted by atomic mass is 9.86. The fourth-order valence-corrected chi connectivity index (χ4v) is 6.33. The van der Waals surface area contributed by atoms with Gasteiger partial charge >= 0.3 is 6.03 Å². The second kappa shape index (κ2) is 14.4. The number of anilines is 1. The van der Waals surface area contributed by atoms with Crippen molar-refractivity contribution < 1.29 is 18.0 Å². The number of rotatable bonds is 12. The van der Waals surface area contributed by atoms with Gasteiger partial charge in [0, 0.05) is 35.7 Å². The van der Waals surface area contributed by atoms with Crippen LogP contribution in [0.15, 0.2) is 88.2 Å². The zero-order valence-electron chi connectivity index (χ0n) is 22.3. The highest BCUT2D eigenvalue weighted by Gasteiger charge is 2.26. The Morgan fingerprint density at radius 3 is 2.38 bits per heavy atom. The van der Waals surface area contributed by atoms with Crippen molar-refractivity contribution >= 4 is 43.6 Å². The van der Waals surface area contributed by atoms with Gasteiger partial charge in [0.25, 0.3) is 10.0 Å². The van der Waals surface area contributed by atoms with Crippen LogP contribution in [0.3, 0.4) is 0 Å². The summed E-state index contributed by atoms with van der Waals surface area (Å²) in [6, 6.07) is 23.7. The van der Waals surface area contributed by atoms with Crippen LogP contribution in [0.4, 0.5) is 10.5 Å². The average molecular weight is 628 g/mol. The number of nitrogens with one attached hydrogen (secondary N) is 3. The van der Waals surface area contributed by atoms with Gasteiger partial charge in [0.15, 0.2) is 0 Å². The van der Waals surface area contributed by atoms with E-state index in [1.165, 1.54) is 23.3 Å². The zero-order valence-corrected chi connectivity index (χ0v) is 24.7. The molecule has 3 N–H and O–H groups in total. The van der Waals surface area contributed by atoms with Crippen LogP contribution in [0.25, 0.3) is 0 Å². The molecular weight excluding hydrogens is 592 g/mol. The number of amides is 3. The molecule has 10 heteroatoms. The van der Waals surface area contributed by atoms with Gasteiger partial charge in [0.05, 0.1) is 4.90 Å². The van der Waals surface area contributed by atoms with Crippen LogP contribution in [0.2, 0.25) is 0 Å². The Bertz CT molecular complexity index is 1380. The highest BCUT2D eigenvalue weighted by Crippen LogP contribution is 2.34. The van der Waals surface area contributed by atoms with Gasteiger partial charge in [-0.15, -0.1) is 0 Å². The van der Waals surface area contributed by atoms with Crippen LogP contribution in [-0.2, 0) is 21.2 Å². The van der Waals surface area contributed by atoms with Crippen LogP contribution in [-0.4, -0.2) is 44.9 Å². The predicted molar refractivity (Wildman–Crippen MR) is 160 cm³/mol. The predicted octanol–water partition coefficient (Wildman–Crippen LogP) is 5.63. The number of nitrogens with zero attached hydrogens (tertiary/aromatic N) is 1. The molecule has 1 aliphatic carbocycles. The van der Waals surface area contributed by atoms with Crippen LogP contribution < -0.4 is 15.4 Å². The Balaban J connectivity index is 1.31. The quantitative estimate of drug-likeness (QED) is 0.226. The molecule has 0 fully saturated rings. The van der Waals surface area contributed by atoms with E-state index in [0.29, 0.717) is 25.2 Å². The summed E-state index contributed by atoms with van der Waals surface area (Å²) in [7, 11) is -3.88. The normalized spacial score (nSPS) is 14.8. The van der Waals surface area contributed by atoms with Crippen molar-refractivity contribution in [3.05, 3.63) is 94.5 Å². The Morgan fingerprint density at radius 2 is 1.60 bits per heavy atom. The second-order valence-corrected chi connectivity index (χ2v) is 12.4. The fourth-order valence-electron chi connectivity index (χ4n) is 5.03. The Hall–Kier alpha value is -3.21. The number of hydrogen-bond donors (Lipinski definition) is 3. The third-order valence-corrected chi connectivity index (χ3v) is 8.86. The van der Waals surface area contributed by atoms with E-state index in [2.05, 4.69) is 60.5 Å². The van der Waals surface area contributed by atoms with Gasteiger partial charge < -0.3 is 10.6 Å². The number of fused-ring (bicyclic) bond motifs is 1. The summed E-state index contributed by atoms with van der Waals surface area (Å²) in [6.07, 6.45) is 4.51.